The van der Waals surface area contributed by atoms with E-state index in [1.54, 1.807) is 6.20 Å². The van der Waals surface area contributed by atoms with Crippen LogP contribution in [-0.2, 0) is 6.42 Å². The first kappa shape index (κ1) is 20.2. The van der Waals surface area contributed by atoms with Crippen LogP contribution in [-0.4, -0.2) is 10.1 Å². The summed E-state index contributed by atoms with van der Waals surface area (Å²) in [7, 11) is 0. The molecule has 1 aliphatic rings. The standard InChI is InChI=1S/C25H31NO2/c1-4-6-7-11-20-16-22(28-5-2)24(19-12-8-10-18(3)15-19)25(27)23(20)21-13-9-14-26-17-21/h5,9,13-17,19,27H,2,4,6-8,10-12H2,1,3H3/t19-/m0/s1. The number of unbranched alkanes of at least 4 members (excludes halogenated alkanes) is 2. The Morgan fingerprint density at radius 1 is 1.36 bits per heavy atom. The summed E-state index contributed by atoms with van der Waals surface area (Å²) >= 11 is 0. The van der Waals surface area contributed by atoms with E-state index in [1.807, 2.05) is 18.3 Å². The van der Waals surface area contributed by atoms with E-state index in [2.05, 4.69) is 37.6 Å². The number of rotatable bonds is 8. The highest BCUT2D eigenvalue weighted by atomic mass is 16.5. The Morgan fingerprint density at radius 3 is 2.89 bits per heavy atom. The smallest absolute Gasteiger partial charge is 0.134 e. The molecule has 0 amide bonds. The normalized spacial score (nSPS) is 16.5. The largest absolute Gasteiger partial charge is 0.507 e. The summed E-state index contributed by atoms with van der Waals surface area (Å²) in [4.78, 5) is 4.28. The fraction of sp³-hybridized carbons (Fsp3) is 0.400. The Kier molecular flexibility index (Phi) is 6.91. The lowest BCUT2D eigenvalue weighted by Crippen LogP contribution is -2.07. The summed E-state index contributed by atoms with van der Waals surface area (Å²) in [5.41, 5.74) is 5.20. The summed E-state index contributed by atoms with van der Waals surface area (Å²) in [5, 5.41) is 11.5. The minimum atomic E-state index is 0.156. The fourth-order valence-corrected chi connectivity index (χ4v) is 4.19. The Hall–Kier alpha value is -2.55. The SMILES string of the molecule is C=COc1cc(CCCCC)c(-c2cccnc2)c(O)c1[C@@H]1C=C(C)CCC1. The van der Waals surface area contributed by atoms with Crippen molar-refractivity contribution in [3.63, 3.8) is 0 Å². The van der Waals surface area contributed by atoms with Crippen LogP contribution >= 0.6 is 0 Å². The minimum Gasteiger partial charge on any atom is -0.507 e. The van der Waals surface area contributed by atoms with Crippen molar-refractivity contribution in [2.24, 2.45) is 0 Å². The number of nitrogens with zero attached hydrogens (tertiary/aromatic N) is 1. The number of benzene rings is 1. The molecule has 1 atom stereocenters. The number of aromatic hydroxyl groups is 1. The van der Waals surface area contributed by atoms with Gasteiger partial charge in [0.25, 0.3) is 0 Å². The number of hydrogen-bond donors (Lipinski definition) is 1. The lowest BCUT2D eigenvalue weighted by molar-refractivity contribution is 0.434. The number of aromatic nitrogens is 1. The highest BCUT2D eigenvalue weighted by Gasteiger charge is 2.26. The second-order valence-electron chi connectivity index (χ2n) is 7.67. The maximum absolute atomic E-state index is 11.5. The molecule has 1 heterocycles. The first-order valence-corrected chi connectivity index (χ1v) is 10.4. The fourth-order valence-electron chi connectivity index (χ4n) is 4.19. The van der Waals surface area contributed by atoms with Crippen molar-refractivity contribution in [3.05, 3.63) is 66.2 Å². The maximum atomic E-state index is 11.5. The van der Waals surface area contributed by atoms with Crippen molar-refractivity contribution in [1.29, 1.82) is 0 Å². The molecule has 0 unspecified atom stereocenters. The summed E-state index contributed by atoms with van der Waals surface area (Å²) in [5.74, 6) is 1.21. The predicted octanol–water partition coefficient (Wildman–Crippen LogP) is 6.92. The van der Waals surface area contributed by atoms with Crippen LogP contribution < -0.4 is 4.74 Å². The second kappa shape index (κ2) is 9.59. The number of allylic oxidation sites excluding steroid dienone is 2. The number of ether oxygens (including phenoxy) is 1. The van der Waals surface area contributed by atoms with Crippen molar-refractivity contribution in [2.45, 2.75) is 64.7 Å². The molecule has 2 aromatic rings. The first-order chi connectivity index (χ1) is 13.7. The highest BCUT2D eigenvalue weighted by Crippen LogP contribution is 2.47. The monoisotopic (exact) mass is 377 g/mol. The minimum absolute atomic E-state index is 0.156. The van der Waals surface area contributed by atoms with Crippen LogP contribution in [0.5, 0.6) is 11.5 Å². The second-order valence-corrected chi connectivity index (χ2v) is 7.67. The third kappa shape index (κ3) is 4.46. The highest BCUT2D eigenvalue weighted by molar-refractivity contribution is 5.77. The molecule has 1 aliphatic carbocycles. The zero-order chi connectivity index (χ0) is 19.9. The average Bonchev–Trinajstić information content (AvgIpc) is 2.69. The van der Waals surface area contributed by atoms with Crippen LogP contribution in [0.15, 0.2) is 55.1 Å². The molecule has 1 aromatic carbocycles. The van der Waals surface area contributed by atoms with E-state index in [0.29, 0.717) is 5.75 Å². The summed E-state index contributed by atoms with van der Waals surface area (Å²) in [6, 6.07) is 6.04. The third-order valence-corrected chi connectivity index (χ3v) is 5.54. The van der Waals surface area contributed by atoms with Gasteiger partial charge >= 0.3 is 0 Å². The van der Waals surface area contributed by atoms with Gasteiger partial charge in [0.05, 0.1) is 6.26 Å². The van der Waals surface area contributed by atoms with E-state index >= 15 is 0 Å². The van der Waals surface area contributed by atoms with Gasteiger partial charge in [0.2, 0.25) is 0 Å². The number of phenolic OH excluding ortho intramolecular Hbond substituents is 1. The first-order valence-electron chi connectivity index (χ1n) is 10.4. The van der Waals surface area contributed by atoms with Crippen molar-refractivity contribution in [2.75, 3.05) is 0 Å². The predicted molar refractivity (Wildman–Crippen MR) is 116 cm³/mol. The van der Waals surface area contributed by atoms with Gasteiger partial charge in [-0.05, 0) is 56.7 Å². The van der Waals surface area contributed by atoms with Crippen LogP contribution in [0.25, 0.3) is 11.1 Å². The molecule has 3 nitrogen and oxygen atoms in total. The number of aryl methyl sites for hydroxylation is 1. The van der Waals surface area contributed by atoms with Crippen molar-refractivity contribution in [3.8, 4) is 22.6 Å². The van der Waals surface area contributed by atoms with Crippen LogP contribution in [0.3, 0.4) is 0 Å². The number of phenols is 1. The van der Waals surface area contributed by atoms with Gasteiger partial charge in [0.1, 0.15) is 11.5 Å². The van der Waals surface area contributed by atoms with E-state index in [9.17, 15) is 5.11 Å². The Bertz CT molecular complexity index is 839. The van der Waals surface area contributed by atoms with E-state index in [1.165, 1.54) is 11.8 Å². The van der Waals surface area contributed by atoms with Crippen LogP contribution in [0, 0.1) is 0 Å². The quantitative estimate of drug-likeness (QED) is 0.308. The molecule has 0 saturated heterocycles. The molecular weight excluding hydrogens is 346 g/mol. The van der Waals surface area contributed by atoms with Crippen molar-refractivity contribution in [1.82, 2.24) is 4.98 Å². The molecule has 1 N–H and O–H groups in total. The molecule has 0 saturated carbocycles. The molecule has 3 rings (SSSR count). The van der Waals surface area contributed by atoms with E-state index < -0.39 is 0 Å². The van der Waals surface area contributed by atoms with Gasteiger partial charge in [-0.1, -0.05) is 44.1 Å². The average molecular weight is 378 g/mol. The third-order valence-electron chi connectivity index (χ3n) is 5.54. The van der Waals surface area contributed by atoms with Gasteiger partial charge in [-0.3, -0.25) is 4.98 Å². The van der Waals surface area contributed by atoms with Crippen LogP contribution in [0.2, 0.25) is 0 Å². The molecule has 0 radical (unpaired) electrons. The number of hydrogen-bond acceptors (Lipinski definition) is 3. The zero-order valence-corrected chi connectivity index (χ0v) is 17.1. The molecule has 3 heteroatoms. The lowest BCUT2D eigenvalue weighted by atomic mass is 9.82. The Morgan fingerprint density at radius 2 is 2.21 bits per heavy atom. The van der Waals surface area contributed by atoms with Gasteiger partial charge in [0.15, 0.2) is 0 Å². The summed E-state index contributed by atoms with van der Waals surface area (Å²) in [6.45, 7) is 8.11. The maximum Gasteiger partial charge on any atom is 0.134 e. The molecule has 0 bridgehead atoms. The van der Waals surface area contributed by atoms with Gasteiger partial charge in [-0.15, -0.1) is 0 Å². The summed E-state index contributed by atoms with van der Waals surface area (Å²) in [6.07, 6.45) is 14.9. The van der Waals surface area contributed by atoms with Gasteiger partial charge < -0.3 is 9.84 Å². The van der Waals surface area contributed by atoms with Crippen LogP contribution in [0.4, 0.5) is 0 Å². The van der Waals surface area contributed by atoms with E-state index in [-0.39, 0.29) is 5.92 Å². The van der Waals surface area contributed by atoms with Crippen molar-refractivity contribution >= 4 is 0 Å². The van der Waals surface area contributed by atoms with Gasteiger partial charge in [0, 0.05) is 35.0 Å². The molecule has 0 fully saturated rings. The van der Waals surface area contributed by atoms with E-state index in [0.717, 1.165) is 72.9 Å². The molecule has 0 aliphatic heterocycles. The lowest BCUT2D eigenvalue weighted by Gasteiger charge is -2.25. The molecular formula is C25H31NO2. The Labute approximate surface area is 168 Å². The summed E-state index contributed by atoms with van der Waals surface area (Å²) < 4.78 is 5.80. The molecule has 148 valence electrons. The van der Waals surface area contributed by atoms with Crippen LogP contribution in [0.1, 0.15) is 69.4 Å². The van der Waals surface area contributed by atoms with Gasteiger partial charge in [-0.2, -0.15) is 0 Å². The molecule has 0 spiro atoms. The number of pyridine rings is 1. The van der Waals surface area contributed by atoms with Crippen molar-refractivity contribution < 1.29 is 9.84 Å². The molecule has 1 aromatic heterocycles. The van der Waals surface area contributed by atoms with Gasteiger partial charge in [-0.25, -0.2) is 0 Å². The zero-order valence-electron chi connectivity index (χ0n) is 17.1. The molecule has 28 heavy (non-hydrogen) atoms. The van der Waals surface area contributed by atoms with E-state index in [4.69, 9.17) is 4.74 Å². The Balaban J connectivity index is 2.18. The topological polar surface area (TPSA) is 42.4 Å².